The molecule has 0 amide bonds. The number of aliphatic hydroxyl groups is 4. The van der Waals surface area contributed by atoms with Crippen LogP contribution in [0.5, 0.6) is 0 Å². The van der Waals surface area contributed by atoms with E-state index in [-0.39, 0.29) is 60.7 Å². The van der Waals surface area contributed by atoms with Crippen molar-refractivity contribution >= 4 is 11.6 Å². The van der Waals surface area contributed by atoms with Crippen LogP contribution in [0.25, 0.3) is 0 Å². The second kappa shape index (κ2) is 7.50. The summed E-state index contributed by atoms with van der Waals surface area (Å²) >= 11 is 0. The van der Waals surface area contributed by atoms with Gasteiger partial charge in [0.25, 0.3) is 0 Å². The molecule has 5 aliphatic heterocycles. The summed E-state index contributed by atoms with van der Waals surface area (Å²) in [6.07, 6.45) is -2.40. The molecule has 4 saturated heterocycles. The van der Waals surface area contributed by atoms with Gasteiger partial charge in [-0.25, -0.2) is 0 Å². The van der Waals surface area contributed by atoms with Gasteiger partial charge >= 0.3 is 0 Å². The van der Waals surface area contributed by atoms with Crippen molar-refractivity contribution in [3.63, 3.8) is 0 Å². The van der Waals surface area contributed by atoms with E-state index in [2.05, 4.69) is 13.8 Å². The van der Waals surface area contributed by atoms with Crippen molar-refractivity contribution in [2.75, 3.05) is 0 Å². The maximum atomic E-state index is 14.3. The van der Waals surface area contributed by atoms with Crippen LogP contribution < -0.4 is 0 Å². The second-order valence-electron chi connectivity index (χ2n) is 13.5. The molecule has 1 aliphatic carbocycles. The second-order valence-corrected chi connectivity index (χ2v) is 13.5. The van der Waals surface area contributed by atoms with E-state index in [1.165, 1.54) is 6.08 Å². The molecule has 6 aliphatic rings. The Morgan fingerprint density at radius 3 is 2.43 bits per heavy atom. The number of Topliss-reactive ketones (excluding diaryl/α,β-unsaturated/α-hetero) is 1. The molecule has 1 saturated carbocycles. The van der Waals surface area contributed by atoms with E-state index in [0.29, 0.717) is 0 Å². The number of ether oxygens (including phenoxy) is 3. The fraction of sp³-hybridized carbons (Fsp3) is 0.857. The van der Waals surface area contributed by atoms with Crippen molar-refractivity contribution in [2.24, 2.45) is 34.5 Å². The highest BCUT2D eigenvalue weighted by Crippen LogP contribution is 2.74. The summed E-state index contributed by atoms with van der Waals surface area (Å²) in [6.45, 7) is 11.6. The van der Waals surface area contributed by atoms with Crippen molar-refractivity contribution in [3.05, 3.63) is 11.6 Å². The molecule has 13 atom stereocenters. The van der Waals surface area contributed by atoms with Gasteiger partial charge in [0.2, 0.25) is 17.4 Å². The quantitative estimate of drug-likeness (QED) is 0.432. The molecule has 3 bridgehead atoms. The Labute approximate surface area is 217 Å². The Bertz CT molecular complexity index is 1090. The highest BCUT2D eigenvalue weighted by molar-refractivity contribution is 6.01. The predicted octanol–water partition coefficient (Wildman–Crippen LogP) is 1.24. The fourth-order valence-corrected chi connectivity index (χ4v) is 8.80. The molecule has 6 rings (SSSR count). The highest BCUT2D eigenvalue weighted by Gasteiger charge is 2.85. The van der Waals surface area contributed by atoms with Gasteiger partial charge in [-0.05, 0) is 43.6 Å². The van der Waals surface area contributed by atoms with E-state index >= 15 is 0 Å². The summed E-state index contributed by atoms with van der Waals surface area (Å²) in [5, 5.41) is 45.5. The number of aliphatic hydroxyl groups excluding tert-OH is 2. The van der Waals surface area contributed by atoms with E-state index < -0.39 is 64.3 Å². The number of ketones is 2. The first-order chi connectivity index (χ1) is 17.1. The minimum atomic E-state index is -2.36. The van der Waals surface area contributed by atoms with Crippen LogP contribution in [-0.2, 0) is 23.8 Å². The molecule has 206 valence electrons. The van der Waals surface area contributed by atoms with Crippen LogP contribution in [0.1, 0.15) is 67.2 Å². The van der Waals surface area contributed by atoms with Crippen LogP contribution >= 0.6 is 0 Å². The average Bonchev–Trinajstić information content (AvgIpc) is 3.33. The number of carbonyl (C=O) groups excluding carboxylic acids is 2. The molecule has 9 nitrogen and oxygen atoms in total. The average molecular weight is 521 g/mol. The molecule has 5 heterocycles. The van der Waals surface area contributed by atoms with Gasteiger partial charge in [-0.15, -0.1) is 0 Å². The van der Waals surface area contributed by atoms with Crippen LogP contribution in [0.2, 0.25) is 0 Å². The van der Waals surface area contributed by atoms with Crippen molar-refractivity contribution in [2.45, 2.75) is 115 Å². The van der Waals surface area contributed by atoms with Gasteiger partial charge in [-0.3, -0.25) is 9.59 Å². The zero-order valence-electron chi connectivity index (χ0n) is 22.4. The Balaban J connectivity index is 1.50. The lowest BCUT2D eigenvalue weighted by atomic mass is 9.59. The van der Waals surface area contributed by atoms with Gasteiger partial charge < -0.3 is 34.6 Å². The summed E-state index contributed by atoms with van der Waals surface area (Å²) < 4.78 is 19.1. The Hall–Kier alpha value is -1.20. The van der Waals surface area contributed by atoms with Gasteiger partial charge in [0.05, 0.1) is 29.8 Å². The van der Waals surface area contributed by atoms with E-state index in [9.17, 15) is 30.0 Å². The van der Waals surface area contributed by atoms with Crippen molar-refractivity contribution < 1.29 is 44.2 Å². The number of fused-ring (bicyclic) bond motifs is 7. The summed E-state index contributed by atoms with van der Waals surface area (Å²) in [5.41, 5.74) is -3.99. The van der Waals surface area contributed by atoms with E-state index in [1.54, 1.807) is 6.92 Å². The SMILES string of the molecule is CC(C)C(C)C(O)C1OC2CC3(O)C4=CC(=O)C5(O)CC(O)CCC6(C)C(=O)C(OC46O5)C3(C)C2C1C. The maximum Gasteiger partial charge on any atom is 0.235 e. The molecule has 5 fully saturated rings. The summed E-state index contributed by atoms with van der Waals surface area (Å²) in [6, 6.07) is 0. The molecular weight excluding hydrogens is 480 g/mol. The minimum Gasteiger partial charge on any atom is -0.393 e. The van der Waals surface area contributed by atoms with Crippen molar-refractivity contribution in [1.82, 2.24) is 0 Å². The van der Waals surface area contributed by atoms with E-state index in [4.69, 9.17) is 14.2 Å². The molecule has 0 radical (unpaired) electrons. The molecule has 4 N–H and O–H groups in total. The van der Waals surface area contributed by atoms with Gasteiger partial charge in [-0.1, -0.05) is 34.6 Å². The molecule has 0 aromatic rings. The third-order valence-electron chi connectivity index (χ3n) is 11.4. The zero-order valence-corrected chi connectivity index (χ0v) is 22.4. The number of carbonyl (C=O) groups is 2. The van der Waals surface area contributed by atoms with Crippen LogP contribution in [-0.4, -0.2) is 79.7 Å². The topological polar surface area (TPSA) is 143 Å². The van der Waals surface area contributed by atoms with Crippen LogP contribution in [0.15, 0.2) is 11.6 Å². The molecule has 37 heavy (non-hydrogen) atoms. The zero-order chi connectivity index (χ0) is 27.1. The normalized spacial score (nSPS) is 55.9. The Morgan fingerprint density at radius 2 is 1.78 bits per heavy atom. The summed E-state index contributed by atoms with van der Waals surface area (Å²) in [5.74, 6) is -5.53. The Morgan fingerprint density at radius 1 is 1.11 bits per heavy atom. The fourth-order valence-electron chi connectivity index (χ4n) is 8.80. The molecular formula is C28H40O9. The van der Waals surface area contributed by atoms with Crippen LogP contribution in [0.4, 0.5) is 0 Å². The first-order valence-corrected chi connectivity index (χ1v) is 13.7. The predicted molar refractivity (Wildman–Crippen MR) is 129 cm³/mol. The largest absolute Gasteiger partial charge is 0.393 e. The molecule has 1 spiro atoms. The molecule has 0 aromatic carbocycles. The molecule has 13 unspecified atom stereocenters. The standard InChI is InChI=1S/C28H40O9/c1-12(2)13(3)20(31)21-14(4)19-16(35-21)11-26(33)17-9-18(30)27(34)10-15(29)7-8-24(5)22(32)23(25(19,26)6)36-28(17,24)37-27/h9,12-16,19-21,23,29,31,33-34H,7-8,10-11H2,1-6H3. The lowest BCUT2D eigenvalue weighted by molar-refractivity contribution is -0.378. The summed E-state index contributed by atoms with van der Waals surface area (Å²) in [4.78, 5) is 27.5. The van der Waals surface area contributed by atoms with Crippen LogP contribution in [0, 0.1) is 34.5 Å². The Kier molecular flexibility index (Phi) is 5.28. The minimum absolute atomic E-state index is 0.0117. The highest BCUT2D eigenvalue weighted by atomic mass is 16.8. The van der Waals surface area contributed by atoms with Gasteiger partial charge in [0.15, 0.2) is 5.78 Å². The first-order valence-electron chi connectivity index (χ1n) is 13.7. The van der Waals surface area contributed by atoms with E-state index in [1.807, 2.05) is 20.8 Å². The van der Waals surface area contributed by atoms with Crippen molar-refractivity contribution in [3.8, 4) is 0 Å². The number of hydrogen-bond donors (Lipinski definition) is 4. The number of rotatable bonds is 3. The first kappa shape index (κ1) is 26.0. The third-order valence-corrected chi connectivity index (χ3v) is 11.4. The van der Waals surface area contributed by atoms with Gasteiger partial charge in [0, 0.05) is 29.7 Å². The van der Waals surface area contributed by atoms with Gasteiger partial charge in [0.1, 0.15) is 11.7 Å². The van der Waals surface area contributed by atoms with E-state index in [0.717, 1.165) is 0 Å². The van der Waals surface area contributed by atoms with Gasteiger partial charge in [-0.2, -0.15) is 0 Å². The third kappa shape index (κ3) is 2.79. The number of hydrogen-bond acceptors (Lipinski definition) is 9. The lowest BCUT2D eigenvalue weighted by Gasteiger charge is -2.59. The van der Waals surface area contributed by atoms with Crippen molar-refractivity contribution in [1.29, 1.82) is 0 Å². The smallest absolute Gasteiger partial charge is 0.235 e. The monoisotopic (exact) mass is 520 g/mol. The maximum absolute atomic E-state index is 14.3. The van der Waals surface area contributed by atoms with Crippen LogP contribution in [0.3, 0.4) is 0 Å². The lowest BCUT2D eigenvalue weighted by Crippen LogP contribution is -2.70. The molecule has 9 heteroatoms. The molecule has 0 aromatic heterocycles. The summed E-state index contributed by atoms with van der Waals surface area (Å²) in [7, 11) is 0.